The van der Waals surface area contributed by atoms with Gasteiger partial charge in [0.1, 0.15) is 5.76 Å². The van der Waals surface area contributed by atoms with E-state index in [1.807, 2.05) is 31.2 Å². The monoisotopic (exact) mass is 400 g/mol. The van der Waals surface area contributed by atoms with Gasteiger partial charge in [0, 0.05) is 17.7 Å². The summed E-state index contributed by atoms with van der Waals surface area (Å²) in [6.45, 7) is 2.17. The van der Waals surface area contributed by atoms with Crippen LogP contribution in [0.15, 0.2) is 57.7 Å². The molecule has 8 heteroatoms. The van der Waals surface area contributed by atoms with Crippen LogP contribution in [0, 0.1) is 6.92 Å². The van der Waals surface area contributed by atoms with E-state index in [1.54, 1.807) is 18.2 Å². The SMILES string of the molecule is Cc1ccc(-c2cc(C(=O)N(Cc3ccco3)[C@H]3CCS(=O)(=O)C3)no2)cc1. The molecule has 0 bridgehead atoms. The minimum Gasteiger partial charge on any atom is -0.467 e. The first-order valence-electron chi connectivity index (χ1n) is 8.99. The highest BCUT2D eigenvalue weighted by Gasteiger charge is 2.36. The van der Waals surface area contributed by atoms with Gasteiger partial charge in [-0.15, -0.1) is 0 Å². The van der Waals surface area contributed by atoms with Gasteiger partial charge in [0.15, 0.2) is 21.3 Å². The van der Waals surface area contributed by atoms with Crippen LogP contribution in [-0.4, -0.2) is 41.9 Å². The van der Waals surface area contributed by atoms with Crippen LogP contribution in [0.4, 0.5) is 0 Å². The minimum absolute atomic E-state index is 0.0535. The van der Waals surface area contributed by atoms with Crippen LogP contribution < -0.4 is 0 Å². The fourth-order valence-corrected chi connectivity index (χ4v) is 5.07. The summed E-state index contributed by atoms with van der Waals surface area (Å²) >= 11 is 0. The van der Waals surface area contributed by atoms with Gasteiger partial charge in [0.2, 0.25) is 0 Å². The van der Waals surface area contributed by atoms with E-state index in [2.05, 4.69) is 5.16 Å². The minimum atomic E-state index is -3.15. The van der Waals surface area contributed by atoms with Crippen LogP contribution in [0.25, 0.3) is 11.3 Å². The fraction of sp³-hybridized carbons (Fsp3) is 0.300. The van der Waals surface area contributed by atoms with Crippen molar-refractivity contribution in [3.05, 3.63) is 65.7 Å². The van der Waals surface area contributed by atoms with E-state index in [0.29, 0.717) is 17.9 Å². The first-order valence-corrected chi connectivity index (χ1v) is 10.8. The molecule has 2 aromatic heterocycles. The molecule has 1 aromatic carbocycles. The highest BCUT2D eigenvalue weighted by atomic mass is 32.2. The zero-order valence-electron chi connectivity index (χ0n) is 15.4. The Morgan fingerprint density at radius 1 is 1.25 bits per heavy atom. The third-order valence-electron chi connectivity index (χ3n) is 4.88. The Kier molecular flexibility index (Phi) is 4.80. The molecule has 1 amide bonds. The van der Waals surface area contributed by atoms with Gasteiger partial charge in [-0.25, -0.2) is 8.42 Å². The second-order valence-electron chi connectivity index (χ2n) is 7.01. The molecule has 146 valence electrons. The second-order valence-corrected chi connectivity index (χ2v) is 9.24. The smallest absolute Gasteiger partial charge is 0.276 e. The molecule has 0 radical (unpaired) electrons. The summed E-state index contributed by atoms with van der Waals surface area (Å²) in [6.07, 6.45) is 1.92. The third kappa shape index (κ3) is 3.87. The second kappa shape index (κ2) is 7.27. The van der Waals surface area contributed by atoms with Crippen LogP contribution in [0.2, 0.25) is 0 Å². The molecule has 1 fully saturated rings. The molecule has 1 atom stereocenters. The number of carbonyl (C=O) groups excluding carboxylic acids is 1. The lowest BCUT2D eigenvalue weighted by atomic mass is 10.1. The Morgan fingerprint density at radius 3 is 2.68 bits per heavy atom. The molecular weight excluding hydrogens is 380 g/mol. The highest BCUT2D eigenvalue weighted by molar-refractivity contribution is 7.91. The number of carbonyl (C=O) groups is 1. The maximum Gasteiger partial charge on any atom is 0.276 e. The van der Waals surface area contributed by atoms with E-state index < -0.39 is 15.9 Å². The van der Waals surface area contributed by atoms with Crippen LogP contribution in [0.5, 0.6) is 0 Å². The van der Waals surface area contributed by atoms with E-state index in [0.717, 1.165) is 11.1 Å². The molecule has 28 heavy (non-hydrogen) atoms. The molecular formula is C20H20N2O5S. The largest absolute Gasteiger partial charge is 0.467 e. The molecule has 0 spiro atoms. The summed E-state index contributed by atoms with van der Waals surface area (Å²) in [6, 6.07) is 12.4. The lowest BCUT2D eigenvalue weighted by Crippen LogP contribution is -2.40. The number of hydrogen-bond acceptors (Lipinski definition) is 6. The fourth-order valence-electron chi connectivity index (χ4n) is 3.34. The quantitative estimate of drug-likeness (QED) is 0.653. The van der Waals surface area contributed by atoms with Crippen molar-refractivity contribution in [3.63, 3.8) is 0 Å². The lowest BCUT2D eigenvalue weighted by molar-refractivity contribution is 0.0655. The topological polar surface area (TPSA) is 93.6 Å². The third-order valence-corrected chi connectivity index (χ3v) is 6.63. The first-order chi connectivity index (χ1) is 13.4. The number of rotatable bonds is 5. The Labute approximate surface area is 162 Å². The van der Waals surface area contributed by atoms with Gasteiger partial charge in [-0.3, -0.25) is 4.79 Å². The molecule has 1 aliphatic rings. The van der Waals surface area contributed by atoms with Gasteiger partial charge in [-0.05, 0) is 25.5 Å². The predicted octanol–water partition coefficient (Wildman–Crippen LogP) is 3.07. The van der Waals surface area contributed by atoms with E-state index >= 15 is 0 Å². The van der Waals surface area contributed by atoms with Gasteiger partial charge < -0.3 is 13.8 Å². The van der Waals surface area contributed by atoms with Crippen molar-refractivity contribution >= 4 is 15.7 Å². The van der Waals surface area contributed by atoms with Crippen molar-refractivity contribution in [3.8, 4) is 11.3 Å². The van der Waals surface area contributed by atoms with Crippen molar-refractivity contribution in [2.75, 3.05) is 11.5 Å². The van der Waals surface area contributed by atoms with E-state index in [9.17, 15) is 13.2 Å². The van der Waals surface area contributed by atoms with E-state index in [-0.39, 0.29) is 29.7 Å². The zero-order valence-corrected chi connectivity index (χ0v) is 16.2. The van der Waals surface area contributed by atoms with Crippen LogP contribution in [0.3, 0.4) is 0 Å². The highest BCUT2D eigenvalue weighted by Crippen LogP contribution is 2.25. The first kappa shape index (κ1) is 18.5. The lowest BCUT2D eigenvalue weighted by Gasteiger charge is -2.26. The number of furan rings is 1. The molecule has 0 saturated carbocycles. The Bertz CT molecular complexity index is 1070. The molecule has 1 aliphatic heterocycles. The number of sulfone groups is 1. The van der Waals surface area contributed by atoms with Crippen LogP contribution in [0.1, 0.15) is 28.2 Å². The van der Waals surface area contributed by atoms with Crippen LogP contribution >= 0.6 is 0 Å². The Hall–Kier alpha value is -2.87. The molecule has 4 rings (SSSR count). The summed E-state index contributed by atoms with van der Waals surface area (Å²) in [5.74, 6) is 0.718. The molecule has 7 nitrogen and oxygen atoms in total. The summed E-state index contributed by atoms with van der Waals surface area (Å²) in [5, 5.41) is 3.93. The number of aryl methyl sites for hydroxylation is 1. The number of benzene rings is 1. The van der Waals surface area contributed by atoms with Gasteiger partial charge in [0.05, 0.1) is 24.3 Å². The molecule has 0 aliphatic carbocycles. The van der Waals surface area contributed by atoms with Crippen LogP contribution in [-0.2, 0) is 16.4 Å². The van der Waals surface area contributed by atoms with Crippen molar-refractivity contribution in [2.45, 2.75) is 25.9 Å². The van der Waals surface area contributed by atoms with E-state index in [1.165, 1.54) is 11.2 Å². The number of aromatic nitrogens is 1. The number of hydrogen-bond donors (Lipinski definition) is 0. The van der Waals surface area contributed by atoms with Crippen molar-refractivity contribution in [1.29, 1.82) is 0 Å². The summed E-state index contributed by atoms with van der Waals surface area (Å²) in [7, 11) is -3.15. The van der Waals surface area contributed by atoms with Gasteiger partial charge in [-0.1, -0.05) is 35.0 Å². The number of nitrogens with zero attached hydrogens (tertiary/aromatic N) is 2. The summed E-state index contributed by atoms with van der Waals surface area (Å²) < 4.78 is 34.6. The average Bonchev–Trinajstić information content (AvgIpc) is 3.40. The van der Waals surface area contributed by atoms with Gasteiger partial charge >= 0.3 is 0 Å². The maximum absolute atomic E-state index is 13.1. The summed E-state index contributed by atoms with van der Waals surface area (Å²) in [4.78, 5) is 14.6. The summed E-state index contributed by atoms with van der Waals surface area (Å²) in [5.41, 5.74) is 2.08. The molecule has 3 heterocycles. The average molecular weight is 400 g/mol. The Morgan fingerprint density at radius 2 is 2.04 bits per heavy atom. The van der Waals surface area contributed by atoms with Crippen molar-refractivity contribution in [1.82, 2.24) is 10.1 Å². The standard InChI is InChI=1S/C20H20N2O5S/c1-14-4-6-15(7-5-14)19-11-18(21-27-19)20(23)22(12-17-3-2-9-26-17)16-8-10-28(24,25)13-16/h2-7,9,11,16H,8,10,12-13H2,1H3/t16-/m0/s1. The van der Waals surface area contributed by atoms with Gasteiger partial charge in [0.25, 0.3) is 5.91 Å². The number of amides is 1. The zero-order chi connectivity index (χ0) is 19.7. The maximum atomic E-state index is 13.1. The normalized spacial score (nSPS) is 18.2. The molecule has 3 aromatic rings. The predicted molar refractivity (Wildman–Crippen MR) is 102 cm³/mol. The van der Waals surface area contributed by atoms with Crippen molar-refractivity contribution < 1.29 is 22.2 Å². The van der Waals surface area contributed by atoms with E-state index in [4.69, 9.17) is 8.94 Å². The molecule has 0 N–H and O–H groups in total. The van der Waals surface area contributed by atoms with Gasteiger partial charge in [-0.2, -0.15) is 0 Å². The molecule has 0 unspecified atom stereocenters. The van der Waals surface area contributed by atoms with Crippen molar-refractivity contribution in [2.24, 2.45) is 0 Å². The molecule has 1 saturated heterocycles. The Balaban J connectivity index is 1.61.